The second-order valence-corrected chi connectivity index (χ2v) is 3.44. The van der Waals surface area contributed by atoms with Gasteiger partial charge in [0, 0.05) is 0 Å². The van der Waals surface area contributed by atoms with Crippen LogP contribution >= 0.6 is 0 Å². The number of benzene rings is 1. The molecule has 0 aliphatic carbocycles. The molecule has 0 heterocycles. The van der Waals surface area contributed by atoms with Crippen LogP contribution in [0.5, 0.6) is 0 Å². The van der Waals surface area contributed by atoms with E-state index in [1.807, 2.05) is 0 Å². The van der Waals surface area contributed by atoms with Crippen LogP contribution in [0.2, 0.25) is 0 Å². The van der Waals surface area contributed by atoms with Crippen molar-refractivity contribution in [3.63, 3.8) is 0 Å². The Balaban J connectivity index is 2.24. The van der Waals surface area contributed by atoms with Gasteiger partial charge < -0.3 is 0 Å². The Morgan fingerprint density at radius 3 is 2.54 bits per heavy atom. The van der Waals surface area contributed by atoms with Crippen LogP contribution in [0.15, 0.2) is 42.5 Å². The van der Waals surface area contributed by atoms with Gasteiger partial charge in [-0.25, -0.2) is 0 Å². The number of rotatable bonds is 5. The summed E-state index contributed by atoms with van der Waals surface area (Å²) in [5, 5.41) is 0. The van der Waals surface area contributed by atoms with Gasteiger partial charge in [0.25, 0.3) is 0 Å². The van der Waals surface area contributed by atoms with E-state index in [-0.39, 0.29) is 0 Å². The molecule has 13 heavy (non-hydrogen) atoms. The van der Waals surface area contributed by atoms with Gasteiger partial charge in [0.2, 0.25) is 0 Å². The molecule has 1 rings (SSSR count). The maximum atomic E-state index is 4.00. The van der Waals surface area contributed by atoms with E-state index in [1.54, 1.807) is 0 Å². The highest BCUT2D eigenvalue weighted by Gasteiger charge is 1.93. The molecule has 0 saturated heterocycles. The van der Waals surface area contributed by atoms with Crippen molar-refractivity contribution in [3.05, 3.63) is 48.0 Å². The van der Waals surface area contributed by atoms with Crippen molar-refractivity contribution in [2.24, 2.45) is 0 Å². The van der Waals surface area contributed by atoms with Crippen LogP contribution in [-0.4, -0.2) is 0 Å². The van der Waals surface area contributed by atoms with E-state index in [0.717, 1.165) is 6.42 Å². The summed E-state index contributed by atoms with van der Waals surface area (Å²) in [5.41, 5.74) is 2.81. The normalized spacial score (nSPS) is 9.92. The minimum Gasteiger partial charge on any atom is -0.0999 e. The van der Waals surface area contributed by atoms with E-state index in [2.05, 4.69) is 43.8 Å². The van der Waals surface area contributed by atoms with Crippen LogP contribution in [-0.2, 0) is 6.42 Å². The third-order valence-corrected chi connectivity index (χ3v) is 2.34. The number of hydrogen-bond donors (Lipinski definition) is 0. The zero-order chi connectivity index (χ0) is 9.52. The lowest BCUT2D eigenvalue weighted by Gasteiger charge is -2.02. The Bertz CT molecular complexity index is 246. The van der Waals surface area contributed by atoms with Crippen molar-refractivity contribution in [1.29, 1.82) is 0 Å². The first-order valence-electron chi connectivity index (χ1n) is 5.03. The van der Waals surface area contributed by atoms with E-state index < -0.39 is 0 Å². The second-order valence-electron chi connectivity index (χ2n) is 3.44. The zero-order valence-electron chi connectivity index (χ0n) is 8.42. The summed E-state index contributed by atoms with van der Waals surface area (Å²) in [6.45, 7) is 6.18. The molecule has 0 nitrogen and oxygen atoms in total. The van der Waals surface area contributed by atoms with Crippen molar-refractivity contribution < 1.29 is 0 Å². The molecule has 0 saturated carbocycles. The molecule has 0 aromatic heterocycles. The number of allylic oxidation sites excluding steroid dienone is 1. The van der Waals surface area contributed by atoms with Crippen molar-refractivity contribution >= 4 is 0 Å². The molecule has 1 aromatic rings. The second kappa shape index (κ2) is 5.58. The van der Waals surface area contributed by atoms with Crippen LogP contribution in [0, 0.1) is 0 Å². The largest absolute Gasteiger partial charge is 0.0999 e. The summed E-state index contributed by atoms with van der Waals surface area (Å²) >= 11 is 0. The summed E-state index contributed by atoms with van der Waals surface area (Å²) in [5.74, 6) is 0. The smallest absolute Gasteiger partial charge is 0.0276 e. The molecule has 0 radical (unpaired) electrons. The van der Waals surface area contributed by atoms with Crippen molar-refractivity contribution in [1.82, 2.24) is 0 Å². The number of aryl methyl sites for hydroxylation is 1. The van der Waals surface area contributed by atoms with E-state index >= 15 is 0 Å². The van der Waals surface area contributed by atoms with Gasteiger partial charge in [-0.05, 0) is 31.2 Å². The highest BCUT2D eigenvalue weighted by Crippen LogP contribution is 2.10. The van der Waals surface area contributed by atoms with Crippen LogP contribution in [0.1, 0.15) is 31.7 Å². The molecule has 0 bridgehead atoms. The zero-order valence-corrected chi connectivity index (χ0v) is 8.42. The highest BCUT2D eigenvalue weighted by molar-refractivity contribution is 5.14. The van der Waals surface area contributed by atoms with Crippen molar-refractivity contribution in [3.8, 4) is 0 Å². The van der Waals surface area contributed by atoms with E-state index in [1.165, 1.54) is 30.4 Å². The predicted molar refractivity (Wildman–Crippen MR) is 58.8 cm³/mol. The third-order valence-electron chi connectivity index (χ3n) is 2.34. The molecule has 0 amide bonds. The summed E-state index contributed by atoms with van der Waals surface area (Å²) in [6, 6.07) is 10.6. The van der Waals surface area contributed by atoms with Gasteiger partial charge in [0.1, 0.15) is 0 Å². The molecule has 0 unspecified atom stereocenters. The van der Waals surface area contributed by atoms with Gasteiger partial charge in [-0.2, -0.15) is 0 Å². The van der Waals surface area contributed by atoms with Gasteiger partial charge in [-0.15, -0.1) is 0 Å². The fourth-order valence-electron chi connectivity index (χ4n) is 1.36. The molecule has 70 valence electrons. The van der Waals surface area contributed by atoms with Crippen LogP contribution in [0.25, 0.3) is 0 Å². The maximum absolute atomic E-state index is 4.00. The lowest BCUT2D eigenvalue weighted by Crippen LogP contribution is -1.86. The topological polar surface area (TPSA) is 0 Å². The third kappa shape index (κ3) is 3.93. The quantitative estimate of drug-likeness (QED) is 0.592. The Morgan fingerprint density at radius 1 is 1.23 bits per heavy atom. The fourth-order valence-corrected chi connectivity index (χ4v) is 1.36. The summed E-state index contributed by atoms with van der Waals surface area (Å²) in [7, 11) is 0. The molecular formula is C13H18. The first-order chi connectivity index (χ1) is 6.33. The predicted octanol–water partition coefficient (Wildman–Crippen LogP) is 3.98. The van der Waals surface area contributed by atoms with Crippen molar-refractivity contribution in [2.45, 2.75) is 32.6 Å². The Hall–Kier alpha value is -1.04. The molecule has 0 spiro atoms. The number of hydrogen-bond acceptors (Lipinski definition) is 0. The van der Waals surface area contributed by atoms with Crippen LogP contribution < -0.4 is 0 Å². The summed E-state index contributed by atoms with van der Waals surface area (Å²) < 4.78 is 0. The van der Waals surface area contributed by atoms with E-state index in [4.69, 9.17) is 0 Å². The van der Waals surface area contributed by atoms with Crippen LogP contribution in [0.4, 0.5) is 0 Å². The lowest BCUT2D eigenvalue weighted by atomic mass is 10.0. The monoisotopic (exact) mass is 174 g/mol. The first kappa shape index (κ1) is 10.0. The SMILES string of the molecule is C=C(CC)CCCc1ccccc1. The van der Waals surface area contributed by atoms with E-state index in [0.29, 0.717) is 0 Å². The average molecular weight is 174 g/mol. The Labute approximate surface area is 81.3 Å². The maximum Gasteiger partial charge on any atom is -0.0276 e. The first-order valence-corrected chi connectivity index (χ1v) is 5.03. The lowest BCUT2D eigenvalue weighted by molar-refractivity contribution is 0.790. The fraction of sp³-hybridized carbons (Fsp3) is 0.385. The Morgan fingerprint density at radius 2 is 1.92 bits per heavy atom. The van der Waals surface area contributed by atoms with Gasteiger partial charge in [0.15, 0.2) is 0 Å². The standard InChI is InChI=1S/C13H18/c1-3-12(2)8-7-11-13-9-5-4-6-10-13/h4-6,9-10H,2-3,7-8,11H2,1H3. The van der Waals surface area contributed by atoms with Gasteiger partial charge >= 0.3 is 0 Å². The molecule has 1 aromatic carbocycles. The van der Waals surface area contributed by atoms with E-state index in [9.17, 15) is 0 Å². The summed E-state index contributed by atoms with van der Waals surface area (Å²) in [4.78, 5) is 0. The molecule has 0 atom stereocenters. The minimum absolute atomic E-state index is 1.12. The van der Waals surface area contributed by atoms with Crippen LogP contribution in [0.3, 0.4) is 0 Å². The minimum atomic E-state index is 1.12. The van der Waals surface area contributed by atoms with Gasteiger partial charge in [0.05, 0.1) is 0 Å². The molecule has 0 heteroatoms. The molecule has 0 aliphatic heterocycles. The summed E-state index contributed by atoms with van der Waals surface area (Å²) in [6.07, 6.45) is 4.71. The molecule has 0 fully saturated rings. The molecule has 0 aliphatic rings. The highest BCUT2D eigenvalue weighted by atomic mass is 14.0. The average Bonchev–Trinajstić information content (AvgIpc) is 2.19. The van der Waals surface area contributed by atoms with Gasteiger partial charge in [-0.3, -0.25) is 0 Å². The molecular weight excluding hydrogens is 156 g/mol. The molecule has 0 N–H and O–H groups in total. The van der Waals surface area contributed by atoms with Crippen molar-refractivity contribution in [2.75, 3.05) is 0 Å². The van der Waals surface area contributed by atoms with Gasteiger partial charge in [-0.1, -0.05) is 49.4 Å². The Kier molecular flexibility index (Phi) is 4.31.